The van der Waals surface area contributed by atoms with Crippen molar-refractivity contribution in [2.45, 2.75) is 46.6 Å². The van der Waals surface area contributed by atoms with Gasteiger partial charge in [-0.25, -0.2) is 0 Å². The highest BCUT2D eigenvalue weighted by Gasteiger charge is 2.31. The lowest BCUT2D eigenvalue weighted by molar-refractivity contribution is 0.0191. The zero-order valence-electron chi connectivity index (χ0n) is 11.3. The monoisotopic (exact) mass is 235 g/mol. The highest BCUT2D eigenvalue weighted by atomic mass is 16.6. The third kappa shape index (κ3) is 2.54. The van der Waals surface area contributed by atoms with Crippen molar-refractivity contribution in [1.82, 2.24) is 4.98 Å². The van der Waals surface area contributed by atoms with E-state index in [1.807, 2.05) is 27.0 Å². The van der Waals surface area contributed by atoms with Gasteiger partial charge < -0.3 is 9.47 Å². The Kier molecular flexibility index (Phi) is 3.02. The van der Waals surface area contributed by atoms with Crippen LogP contribution < -0.4 is 9.47 Å². The summed E-state index contributed by atoms with van der Waals surface area (Å²) in [5.74, 6) is 2.30. The summed E-state index contributed by atoms with van der Waals surface area (Å²) in [5, 5.41) is 0. The normalized spacial score (nSPS) is 17.3. The maximum Gasteiger partial charge on any atom is 0.183 e. The van der Waals surface area contributed by atoms with Gasteiger partial charge in [0.15, 0.2) is 11.5 Å². The molecule has 0 saturated heterocycles. The molecule has 0 atom stereocenters. The van der Waals surface area contributed by atoms with E-state index in [9.17, 15) is 0 Å². The molecular formula is C14H21NO2. The van der Waals surface area contributed by atoms with Crippen LogP contribution in [0.25, 0.3) is 0 Å². The molecule has 0 fully saturated rings. The minimum Gasteiger partial charge on any atom is -0.485 e. The van der Waals surface area contributed by atoms with Crippen LogP contribution in [0.15, 0.2) is 6.20 Å². The second-order valence-electron chi connectivity index (χ2n) is 5.78. The van der Waals surface area contributed by atoms with E-state index in [1.54, 1.807) is 0 Å². The number of nitrogens with zero attached hydrogens (tertiary/aromatic N) is 1. The second kappa shape index (κ2) is 4.21. The molecule has 1 aliphatic heterocycles. The molecular weight excluding hydrogens is 214 g/mol. The second-order valence-corrected chi connectivity index (χ2v) is 5.78. The summed E-state index contributed by atoms with van der Waals surface area (Å²) in [5.41, 5.74) is 1.78. The Morgan fingerprint density at radius 1 is 1.35 bits per heavy atom. The fraction of sp³-hybridized carbons (Fsp3) is 0.643. The minimum atomic E-state index is -0.268. The van der Waals surface area contributed by atoms with E-state index in [4.69, 9.17) is 9.47 Å². The van der Waals surface area contributed by atoms with Gasteiger partial charge in [-0.15, -0.1) is 0 Å². The molecule has 2 heterocycles. The van der Waals surface area contributed by atoms with Crippen LogP contribution in [0.1, 0.15) is 39.0 Å². The van der Waals surface area contributed by atoms with Gasteiger partial charge in [0.05, 0.1) is 5.69 Å². The Morgan fingerprint density at radius 2 is 2.06 bits per heavy atom. The van der Waals surface area contributed by atoms with Gasteiger partial charge in [0.2, 0.25) is 0 Å². The number of ether oxygens (including phenoxy) is 2. The molecule has 0 radical (unpaired) electrons. The maximum atomic E-state index is 5.98. The molecule has 0 amide bonds. The number of aryl methyl sites for hydroxylation is 1. The molecule has 0 unspecified atom stereocenters. The van der Waals surface area contributed by atoms with E-state index in [1.165, 1.54) is 0 Å². The van der Waals surface area contributed by atoms with Gasteiger partial charge in [-0.2, -0.15) is 0 Å². The van der Waals surface area contributed by atoms with Crippen LogP contribution in [0.5, 0.6) is 11.5 Å². The zero-order chi connectivity index (χ0) is 12.6. The molecule has 0 bridgehead atoms. The SMILES string of the molecule is Cc1ncc(CC(C)C)c2c1OC(C)(C)CO2. The van der Waals surface area contributed by atoms with Crippen LogP contribution in [-0.2, 0) is 6.42 Å². The predicted molar refractivity (Wildman–Crippen MR) is 67.7 cm³/mol. The lowest BCUT2D eigenvalue weighted by Crippen LogP contribution is -2.39. The summed E-state index contributed by atoms with van der Waals surface area (Å²) < 4.78 is 11.9. The van der Waals surface area contributed by atoms with Crippen LogP contribution in [-0.4, -0.2) is 17.2 Å². The standard InChI is InChI=1S/C14H21NO2/c1-9(2)6-11-7-15-10(3)12-13(11)16-8-14(4,5)17-12/h7,9H,6,8H2,1-5H3. The van der Waals surface area contributed by atoms with Crippen molar-refractivity contribution in [2.75, 3.05) is 6.61 Å². The number of rotatable bonds is 2. The van der Waals surface area contributed by atoms with Crippen molar-refractivity contribution in [3.05, 3.63) is 17.5 Å². The van der Waals surface area contributed by atoms with E-state index >= 15 is 0 Å². The van der Waals surface area contributed by atoms with Crippen LogP contribution in [0.2, 0.25) is 0 Å². The summed E-state index contributed by atoms with van der Waals surface area (Å²) in [4.78, 5) is 4.41. The Hall–Kier alpha value is -1.25. The quantitative estimate of drug-likeness (QED) is 0.789. The van der Waals surface area contributed by atoms with Crippen molar-refractivity contribution in [3.63, 3.8) is 0 Å². The van der Waals surface area contributed by atoms with Gasteiger partial charge in [-0.1, -0.05) is 13.8 Å². The number of hydrogen-bond acceptors (Lipinski definition) is 3. The van der Waals surface area contributed by atoms with Gasteiger partial charge in [0, 0.05) is 11.8 Å². The smallest absolute Gasteiger partial charge is 0.183 e. The fourth-order valence-corrected chi connectivity index (χ4v) is 2.02. The number of fused-ring (bicyclic) bond motifs is 1. The van der Waals surface area contributed by atoms with E-state index in [0.29, 0.717) is 12.5 Å². The maximum absolute atomic E-state index is 5.98. The Bertz CT molecular complexity index is 424. The first kappa shape index (κ1) is 12.2. The molecule has 1 aromatic heterocycles. The molecule has 0 aromatic carbocycles. The third-order valence-electron chi connectivity index (χ3n) is 2.81. The lowest BCUT2D eigenvalue weighted by atomic mass is 10.0. The van der Waals surface area contributed by atoms with Crippen LogP contribution >= 0.6 is 0 Å². The van der Waals surface area contributed by atoms with Crippen molar-refractivity contribution in [2.24, 2.45) is 5.92 Å². The largest absolute Gasteiger partial charge is 0.485 e. The molecule has 0 saturated carbocycles. The van der Waals surface area contributed by atoms with Gasteiger partial charge in [-0.3, -0.25) is 4.98 Å². The van der Waals surface area contributed by atoms with E-state index in [2.05, 4.69) is 18.8 Å². The van der Waals surface area contributed by atoms with Crippen molar-refractivity contribution < 1.29 is 9.47 Å². The topological polar surface area (TPSA) is 31.4 Å². The number of pyridine rings is 1. The van der Waals surface area contributed by atoms with Gasteiger partial charge in [0.1, 0.15) is 12.2 Å². The molecule has 0 N–H and O–H groups in total. The summed E-state index contributed by atoms with van der Waals surface area (Å²) in [6.07, 6.45) is 2.88. The van der Waals surface area contributed by atoms with E-state index < -0.39 is 0 Å². The van der Waals surface area contributed by atoms with E-state index in [-0.39, 0.29) is 5.60 Å². The molecule has 1 aromatic rings. The summed E-state index contributed by atoms with van der Waals surface area (Å²) in [7, 11) is 0. The molecule has 94 valence electrons. The molecule has 3 heteroatoms. The molecule has 17 heavy (non-hydrogen) atoms. The average Bonchev–Trinajstić information content (AvgIpc) is 2.21. The molecule has 0 aliphatic carbocycles. The van der Waals surface area contributed by atoms with Gasteiger partial charge in [0.25, 0.3) is 0 Å². The molecule has 0 spiro atoms. The lowest BCUT2D eigenvalue weighted by Gasteiger charge is -2.34. The van der Waals surface area contributed by atoms with Crippen molar-refractivity contribution >= 4 is 0 Å². The Balaban J connectivity index is 2.41. The average molecular weight is 235 g/mol. The molecule has 2 rings (SSSR count). The van der Waals surface area contributed by atoms with Crippen molar-refractivity contribution in [1.29, 1.82) is 0 Å². The summed E-state index contributed by atoms with van der Waals surface area (Å²) in [6.45, 7) is 11.0. The first-order valence-electron chi connectivity index (χ1n) is 6.19. The van der Waals surface area contributed by atoms with Gasteiger partial charge in [-0.05, 0) is 33.1 Å². The number of aromatic nitrogens is 1. The molecule has 1 aliphatic rings. The van der Waals surface area contributed by atoms with E-state index in [0.717, 1.165) is 29.2 Å². The van der Waals surface area contributed by atoms with Gasteiger partial charge >= 0.3 is 0 Å². The van der Waals surface area contributed by atoms with Crippen LogP contribution in [0.4, 0.5) is 0 Å². The Labute approximate surface area is 103 Å². The van der Waals surface area contributed by atoms with Crippen LogP contribution in [0, 0.1) is 12.8 Å². The third-order valence-corrected chi connectivity index (χ3v) is 2.81. The Morgan fingerprint density at radius 3 is 2.71 bits per heavy atom. The number of hydrogen-bond donors (Lipinski definition) is 0. The summed E-state index contributed by atoms with van der Waals surface area (Å²) >= 11 is 0. The molecule has 3 nitrogen and oxygen atoms in total. The van der Waals surface area contributed by atoms with Crippen molar-refractivity contribution in [3.8, 4) is 11.5 Å². The zero-order valence-corrected chi connectivity index (χ0v) is 11.3. The van der Waals surface area contributed by atoms with Crippen LogP contribution in [0.3, 0.4) is 0 Å². The minimum absolute atomic E-state index is 0.268. The summed E-state index contributed by atoms with van der Waals surface area (Å²) in [6, 6.07) is 0. The first-order valence-corrected chi connectivity index (χ1v) is 6.19. The first-order chi connectivity index (χ1) is 7.89. The fourth-order valence-electron chi connectivity index (χ4n) is 2.02. The predicted octanol–water partition coefficient (Wildman–Crippen LogP) is 3.14. The highest BCUT2D eigenvalue weighted by Crippen LogP contribution is 2.40. The highest BCUT2D eigenvalue weighted by molar-refractivity contribution is 5.49.